The zero-order valence-corrected chi connectivity index (χ0v) is 16.1. The van der Waals surface area contributed by atoms with Gasteiger partial charge in [0.25, 0.3) is 0 Å². The second kappa shape index (κ2) is 10.2. The standard InChI is InChI=1S/C19H33N5O/c1-5-20-19(23-17-9-12-24(13-10-17)15(3)4)22-14-16-8-7-11-21-18(16)25-6-2/h7-8,11,15,17H,5-6,9-10,12-14H2,1-4H3,(H2,20,22,23). The van der Waals surface area contributed by atoms with Crippen LogP contribution in [0.3, 0.4) is 0 Å². The highest BCUT2D eigenvalue weighted by Crippen LogP contribution is 2.16. The number of guanidine groups is 1. The van der Waals surface area contributed by atoms with Crippen LogP contribution < -0.4 is 15.4 Å². The van der Waals surface area contributed by atoms with Gasteiger partial charge in [-0.2, -0.15) is 0 Å². The molecular weight excluding hydrogens is 314 g/mol. The molecule has 0 aromatic carbocycles. The van der Waals surface area contributed by atoms with Crippen LogP contribution in [0.2, 0.25) is 0 Å². The smallest absolute Gasteiger partial charge is 0.218 e. The van der Waals surface area contributed by atoms with E-state index in [1.807, 2.05) is 19.1 Å². The lowest BCUT2D eigenvalue weighted by atomic mass is 10.0. The Morgan fingerprint density at radius 3 is 2.76 bits per heavy atom. The molecular formula is C19H33N5O. The summed E-state index contributed by atoms with van der Waals surface area (Å²) in [4.78, 5) is 11.6. The molecule has 2 rings (SSSR count). The van der Waals surface area contributed by atoms with Crippen molar-refractivity contribution >= 4 is 5.96 Å². The number of aromatic nitrogens is 1. The number of pyridine rings is 1. The number of aliphatic imine (C=N–C) groups is 1. The molecule has 140 valence electrons. The lowest BCUT2D eigenvalue weighted by Gasteiger charge is -2.35. The number of nitrogens with one attached hydrogen (secondary N) is 2. The molecule has 1 fully saturated rings. The first-order chi connectivity index (χ1) is 12.1. The van der Waals surface area contributed by atoms with Crippen molar-refractivity contribution in [3.05, 3.63) is 23.9 Å². The minimum Gasteiger partial charge on any atom is -0.478 e. The van der Waals surface area contributed by atoms with E-state index >= 15 is 0 Å². The van der Waals surface area contributed by atoms with Crippen LogP contribution in [-0.2, 0) is 6.54 Å². The molecule has 0 bridgehead atoms. The van der Waals surface area contributed by atoms with Crippen molar-refractivity contribution in [1.82, 2.24) is 20.5 Å². The zero-order chi connectivity index (χ0) is 18.1. The lowest BCUT2D eigenvalue weighted by Crippen LogP contribution is -2.49. The van der Waals surface area contributed by atoms with Gasteiger partial charge in [0, 0.05) is 43.5 Å². The monoisotopic (exact) mass is 347 g/mol. The Bertz CT molecular complexity index is 538. The zero-order valence-electron chi connectivity index (χ0n) is 16.1. The third kappa shape index (κ3) is 6.20. The number of rotatable bonds is 7. The number of hydrogen-bond donors (Lipinski definition) is 2. The summed E-state index contributed by atoms with van der Waals surface area (Å²) < 4.78 is 5.59. The summed E-state index contributed by atoms with van der Waals surface area (Å²) in [5, 5.41) is 6.94. The molecule has 1 aliphatic rings. The van der Waals surface area contributed by atoms with Crippen molar-refractivity contribution in [3.63, 3.8) is 0 Å². The van der Waals surface area contributed by atoms with Crippen molar-refractivity contribution < 1.29 is 4.74 Å². The molecule has 25 heavy (non-hydrogen) atoms. The molecule has 1 saturated heterocycles. The van der Waals surface area contributed by atoms with Crippen LogP contribution >= 0.6 is 0 Å². The minimum absolute atomic E-state index is 0.480. The van der Waals surface area contributed by atoms with Gasteiger partial charge in [-0.05, 0) is 46.6 Å². The molecule has 0 aliphatic carbocycles. The summed E-state index contributed by atoms with van der Waals surface area (Å²) in [5.74, 6) is 1.55. The average molecular weight is 348 g/mol. The van der Waals surface area contributed by atoms with Crippen molar-refractivity contribution in [3.8, 4) is 5.88 Å². The van der Waals surface area contributed by atoms with E-state index in [-0.39, 0.29) is 0 Å². The normalized spacial score (nSPS) is 16.9. The molecule has 0 radical (unpaired) electrons. The first kappa shape index (κ1) is 19.5. The SMILES string of the molecule is CCNC(=NCc1cccnc1OCC)NC1CCN(C(C)C)CC1. The van der Waals surface area contributed by atoms with E-state index in [2.05, 4.69) is 41.3 Å². The van der Waals surface area contributed by atoms with E-state index in [0.29, 0.717) is 31.1 Å². The molecule has 2 N–H and O–H groups in total. The van der Waals surface area contributed by atoms with Gasteiger partial charge in [-0.3, -0.25) is 0 Å². The van der Waals surface area contributed by atoms with Crippen molar-refractivity contribution in [2.75, 3.05) is 26.2 Å². The number of likely N-dealkylation sites (tertiary alicyclic amines) is 1. The number of hydrogen-bond acceptors (Lipinski definition) is 4. The Labute approximate surface area is 152 Å². The van der Waals surface area contributed by atoms with Crippen LogP contribution in [0.4, 0.5) is 0 Å². The Kier molecular flexibility index (Phi) is 7.98. The van der Waals surface area contributed by atoms with Crippen LogP contribution in [0.15, 0.2) is 23.3 Å². The molecule has 0 unspecified atom stereocenters. The van der Waals surface area contributed by atoms with Crippen molar-refractivity contribution in [2.24, 2.45) is 4.99 Å². The van der Waals surface area contributed by atoms with E-state index in [9.17, 15) is 0 Å². The lowest BCUT2D eigenvalue weighted by molar-refractivity contribution is 0.167. The first-order valence-electron chi connectivity index (χ1n) is 9.49. The Hall–Kier alpha value is -1.82. The van der Waals surface area contributed by atoms with Crippen LogP contribution in [0, 0.1) is 0 Å². The van der Waals surface area contributed by atoms with Crippen molar-refractivity contribution in [1.29, 1.82) is 0 Å². The molecule has 0 spiro atoms. The quantitative estimate of drug-likeness (QED) is 0.586. The molecule has 2 heterocycles. The van der Waals surface area contributed by atoms with Crippen LogP contribution in [-0.4, -0.2) is 54.2 Å². The Balaban J connectivity index is 1.95. The van der Waals surface area contributed by atoms with E-state index in [0.717, 1.165) is 44.0 Å². The van der Waals surface area contributed by atoms with Gasteiger partial charge >= 0.3 is 0 Å². The van der Waals surface area contributed by atoms with E-state index in [1.165, 1.54) is 0 Å². The maximum atomic E-state index is 5.59. The second-order valence-electron chi connectivity index (χ2n) is 6.64. The fourth-order valence-electron chi connectivity index (χ4n) is 3.05. The van der Waals surface area contributed by atoms with Gasteiger partial charge in [0.1, 0.15) is 0 Å². The molecule has 6 heteroatoms. The molecule has 1 aliphatic heterocycles. The topological polar surface area (TPSA) is 61.8 Å². The predicted octanol–water partition coefficient (Wildman–Crippen LogP) is 2.41. The van der Waals surface area contributed by atoms with Gasteiger partial charge in [0.2, 0.25) is 5.88 Å². The van der Waals surface area contributed by atoms with E-state index < -0.39 is 0 Å². The highest BCUT2D eigenvalue weighted by molar-refractivity contribution is 5.80. The number of nitrogens with zero attached hydrogens (tertiary/aromatic N) is 3. The Morgan fingerprint density at radius 2 is 2.12 bits per heavy atom. The molecule has 0 saturated carbocycles. The van der Waals surface area contributed by atoms with Gasteiger partial charge in [0.05, 0.1) is 13.2 Å². The molecule has 1 aromatic heterocycles. The average Bonchev–Trinajstić information content (AvgIpc) is 2.61. The number of piperidine rings is 1. The van der Waals surface area contributed by atoms with Crippen LogP contribution in [0.25, 0.3) is 0 Å². The third-order valence-corrected chi connectivity index (χ3v) is 4.48. The molecule has 0 amide bonds. The van der Waals surface area contributed by atoms with Gasteiger partial charge in [-0.15, -0.1) is 0 Å². The summed E-state index contributed by atoms with van der Waals surface area (Å²) in [6, 6.07) is 5.06. The third-order valence-electron chi connectivity index (χ3n) is 4.48. The summed E-state index contributed by atoms with van der Waals surface area (Å²) in [6.07, 6.45) is 4.06. The number of ether oxygens (including phenoxy) is 1. The van der Waals surface area contributed by atoms with Gasteiger partial charge < -0.3 is 20.3 Å². The highest BCUT2D eigenvalue weighted by Gasteiger charge is 2.21. The summed E-state index contributed by atoms with van der Waals surface area (Å²) in [7, 11) is 0. The summed E-state index contributed by atoms with van der Waals surface area (Å²) in [5.41, 5.74) is 1.01. The minimum atomic E-state index is 0.480. The van der Waals surface area contributed by atoms with Gasteiger partial charge in [-0.1, -0.05) is 6.07 Å². The summed E-state index contributed by atoms with van der Waals surface area (Å²) in [6.45, 7) is 12.9. The largest absolute Gasteiger partial charge is 0.478 e. The first-order valence-corrected chi connectivity index (χ1v) is 9.49. The molecule has 6 nitrogen and oxygen atoms in total. The fourth-order valence-corrected chi connectivity index (χ4v) is 3.05. The molecule has 0 atom stereocenters. The maximum Gasteiger partial charge on any atom is 0.218 e. The van der Waals surface area contributed by atoms with E-state index in [1.54, 1.807) is 6.20 Å². The molecule has 1 aromatic rings. The van der Waals surface area contributed by atoms with Gasteiger partial charge in [0.15, 0.2) is 5.96 Å². The highest BCUT2D eigenvalue weighted by atomic mass is 16.5. The van der Waals surface area contributed by atoms with Crippen molar-refractivity contribution in [2.45, 2.75) is 59.2 Å². The van der Waals surface area contributed by atoms with Crippen LogP contribution in [0.1, 0.15) is 46.1 Å². The second-order valence-corrected chi connectivity index (χ2v) is 6.64. The van der Waals surface area contributed by atoms with E-state index in [4.69, 9.17) is 9.73 Å². The fraction of sp³-hybridized carbons (Fsp3) is 0.684. The predicted molar refractivity (Wildman–Crippen MR) is 103 cm³/mol. The maximum absolute atomic E-state index is 5.59. The van der Waals surface area contributed by atoms with Crippen LogP contribution in [0.5, 0.6) is 5.88 Å². The van der Waals surface area contributed by atoms with Gasteiger partial charge in [-0.25, -0.2) is 9.98 Å². The summed E-state index contributed by atoms with van der Waals surface area (Å²) >= 11 is 0. The Morgan fingerprint density at radius 1 is 1.36 bits per heavy atom.